The van der Waals surface area contributed by atoms with E-state index in [2.05, 4.69) is 31.2 Å². The third kappa shape index (κ3) is 2.95. The molecule has 0 unspecified atom stereocenters. The zero-order chi connectivity index (χ0) is 15.5. The van der Waals surface area contributed by atoms with Crippen molar-refractivity contribution in [3.8, 4) is 5.75 Å². The van der Waals surface area contributed by atoms with Crippen molar-refractivity contribution < 1.29 is 4.74 Å². The molecule has 1 aromatic rings. The molecule has 1 heteroatoms. The Hall–Kier alpha value is -1.24. The van der Waals surface area contributed by atoms with Gasteiger partial charge in [0, 0.05) is 0 Å². The van der Waals surface area contributed by atoms with E-state index in [-0.39, 0.29) is 0 Å². The molecule has 3 saturated carbocycles. The van der Waals surface area contributed by atoms with Gasteiger partial charge in [0.25, 0.3) is 0 Å². The van der Waals surface area contributed by atoms with Gasteiger partial charge >= 0.3 is 0 Å². The molecule has 1 nitrogen and oxygen atoms in total. The molecule has 0 aliphatic heterocycles. The number of allylic oxidation sites excluding steroid dienone is 1. The molecule has 3 aliphatic rings. The number of ether oxygens (including phenoxy) is 1. The number of fused-ring (bicyclic) bond motifs is 3. The molecule has 0 aromatic heterocycles. The lowest BCUT2D eigenvalue weighted by Crippen LogP contribution is -2.44. The average molecular weight is 298 g/mol. The molecule has 0 radical (unpaired) electrons. The molecule has 0 amide bonds. The number of rotatable bonds is 6. The summed E-state index contributed by atoms with van der Waals surface area (Å²) in [6, 6.07) is 8.97. The van der Waals surface area contributed by atoms with Crippen molar-refractivity contribution in [2.45, 2.75) is 70.6 Å². The molecule has 4 rings (SSSR count). The van der Waals surface area contributed by atoms with Crippen LogP contribution in [0, 0.1) is 5.41 Å². The molecule has 0 heterocycles. The lowest BCUT2D eigenvalue weighted by molar-refractivity contribution is 0.0320. The monoisotopic (exact) mass is 298 g/mol. The second kappa shape index (κ2) is 6.48. The van der Waals surface area contributed by atoms with Crippen molar-refractivity contribution in [3.63, 3.8) is 0 Å². The van der Waals surface area contributed by atoms with Crippen LogP contribution in [0.3, 0.4) is 0 Å². The van der Waals surface area contributed by atoms with Crippen molar-refractivity contribution in [2.75, 3.05) is 6.61 Å². The molecule has 1 aromatic carbocycles. The molecular formula is C21H30O. The third-order valence-corrected chi connectivity index (χ3v) is 6.23. The smallest absolute Gasteiger partial charge is 0.119 e. The predicted molar refractivity (Wildman–Crippen MR) is 93.5 cm³/mol. The van der Waals surface area contributed by atoms with Crippen LogP contribution >= 0.6 is 0 Å². The number of hydrogen-bond acceptors (Lipinski definition) is 1. The molecule has 0 N–H and O–H groups in total. The van der Waals surface area contributed by atoms with E-state index in [1.807, 2.05) is 19.1 Å². The van der Waals surface area contributed by atoms with Gasteiger partial charge in [-0.15, -0.1) is 0 Å². The highest BCUT2D eigenvalue weighted by molar-refractivity contribution is 5.34. The van der Waals surface area contributed by atoms with Crippen molar-refractivity contribution in [1.29, 1.82) is 0 Å². The lowest BCUT2D eigenvalue weighted by Gasteiger charge is -2.54. The molecule has 22 heavy (non-hydrogen) atoms. The van der Waals surface area contributed by atoms with E-state index in [0.29, 0.717) is 17.4 Å². The Morgan fingerprint density at radius 1 is 1.00 bits per heavy atom. The van der Waals surface area contributed by atoms with Crippen LogP contribution < -0.4 is 4.74 Å². The van der Waals surface area contributed by atoms with Gasteiger partial charge in [0.2, 0.25) is 0 Å². The fraction of sp³-hybridized carbons (Fsp3) is 0.619. The van der Waals surface area contributed by atoms with Crippen LogP contribution in [0.5, 0.6) is 5.75 Å². The molecule has 0 atom stereocenters. The Morgan fingerprint density at radius 2 is 1.64 bits per heavy atom. The Morgan fingerprint density at radius 3 is 2.18 bits per heavy atom. The maximum absolute atomic E-state index is 5.73. The highest BCUT2D eigenvalue weighted by atomic mass is 16.5. The van der Waals surface area contributed by atoms with Crippen molar-refractivity contribution >= 4 is 0 Å². The molecule has 3 fully saturated rings. The maximum atomic E-state index is 5.73. The highest BCUT2D eigenvalue weighted by Crippen LogP contribution is 2.59. The van der Waals surface area contributed by atoms with Crippen molar-refractivity contribution in [3.05, 3.63) is 42.0 Å². The van der Waals surface area contributed by atoms with Crippen LogP contribution in [0.25, 0.3) is 0 Å². The molecule has 2 bridgehead atoms. The summed E-state index contributed by atoms with van der Waals surface area (Å²) < 4.78 is 5.73. The van der Waals surface area contributed by atoms with Gasteiger partial charge in [-0.2, -0.15) is 0 Å². The van der Waals surface area contributed by atoms with Gasteiger partial charge < -0.3 is 4.74 Å². The highest BCUT2D eigenvalue weighted by Gasteiger charge is 2.48. The molecular weight excluding hydrogens is 268 g/mol. The molecule has 120 valence electrons. The van der Waals surface area contributed by atoms with Gasteiger partial charge in [0.05, 0.1) is 0 Å². The summed E-state index contributed by atoms with van der Waals surface area (Å²) in [6.07, 6.45) is 15.4. The standard InChI is InChI=1S/C21H30O/c1-3-5-17-22-19-8-6-18(7-9-19)21-14-11-20(10-4-2,12-15-21)13-16-21/h3,5-9H,4,10-17H2,1-2H3/b5-3+. The van der Waals surface area contributed by atoms with Crippen LogP contribution in [0.15, 0.2) is 36.4 Å². The van der Waals surface area contributed by atoms with E-state index in [1.165, 1.54) is 51.4 Å². The van der Waals surface area contributed by atoms with E-state index >= 15 is 0 Å². The summed E-state index contributed by atoms with van der Waals surface area (Å²) in [5.74, 6) is 0.991. The zero-order valence-corrected chi connectivity index (χ0v) is 14.2. The first-order valence-corrected chi connectivity index (χ1v) is 9.07. The van der Waals surface area contributed by atoms with Gasteiger partial charge in [0.1, 0.15) is 12.4 Å². The Labute approximate surface area is 135 Å². The summed E-state index contributed by atoms with van der Waals surface area (Å²) >= 11 is 0. The van der Waals surface area contributed by atoms with E-state index in [1.54, 1.807) is 5.56 Å². The van der Waals surface area contributed by atoms with E-state index in [0.717, 1.165) is 5.75 Å². The van der Waals surface area contributed by atoms with Crippen LogP contribution in [0.1, 0.15) is 70.8 Å². The van der Waals surface area contributed by atoms with E-state index < -0.39 is 0 Å². The second-order valence-corrected chi connectivity index (χ2v) is 7.43. The van der Waals surface area contributed by atoms with Gasteiger partial charge in [-0.25, -0.2) is 0 Å². The summed E-state index contributed by atoms with van der Waals surface area (Å²) in [6.45, 7) is 5.04. The molecule has 0 saturated heterocycles. The van der Waals surface area contributed by atoms with Gasteiger partial charge in [0.15, 0.2) is 0 Å². The van der Waals surface area contributed by atoms with Gasteiger partial charge in [-0.05, 0) is 80.4 Å². The summed E-state index contributed by atoms with van der Waals surface area (Å²) in [7, 11) is 0. The van der Waals surface area contributed by atoms with Crippen LogP contribution in [0.4, 0.5) is 0 Å². The fourth-order valence-corrected chi connectivity index (χ4v) is 4.75. The Bertz CT molecular complexity index is 487. The topological polar surface area (TPSA) is 9.23 Å². The quantitative estimate of drug-likeness (QED) is 0.582. The summed E-state index contributed by atoms with van der Waals surface area (Å²) in [5.41, 5.74) is 2.72. The van der Waals surface area contributed by atoms with E-state index in [9.17, 15) is 0 Å². The van der Waals surface area contributed by atoms with Crippen LogP contribution in [-0.4, -0.2) is 6.61 Å². The third-order valence-electron chi connectivity index (χ3n) is 6.23. The number of benzene rings is 1. The zero-order valence-electron chi connectivity index (χ0n) is 14.2. The number of hydrogen-bond donors (Lipinski definition) is 0. The normalized spacial score (nSPS) is 30.8. The first kappa shape index (κ1) is 15.6. The molecule has 0 spiro atoms. The first-order chi connectivity index (χ1) is 10.7. The Balaban J connectivity index is 1.67. The van der Waals surface area contributed by atoms with Crippen molar-refractivity contribution in [1.82, 2.24) is 0 Å². The minimum atomic E-state index is 0.470. The summed E-state index contributed by atoms with van der Waals surface area (Å²) in [4.78, 5) is 0. The summed E-state index contributed by atoms with van der Waals surface area (Å²) in [5, 5.41) is 0. The minimum Gasteiger partial charge on any atom is -0.490 e. The van der Waals surface area contributed by atoms with Crippen LogP contribution in [-0.2, 0) is 5.41 Å². The molecule has 3 aliphatic carbocycles. The maximum Gasteiger partial charge on any atom is 0.119 e. The average Bonchev–Trinajstić information content (AvgIpc) is 2.57. The second-order valence-electron chi connectivity index (χ2n) is 7.43. The van der Waals surface area contributed by atoms with Gasteiger partial charge in [-0.3, -0.25) is 0 Å². The van der Waals surface area contributed by atoms with Crippen molar-refractivity contribution in [2.24, 2.45) is 5.41 Å². The SMILES string of the molecule is C/C=C/COc1ccc(C23CCC(CCC)(CC2)CC3)cc1. The van der Waals surface area contributed by atoms with Crippen LogP contribution in [0.2, 0.25) is 0 Å². The Kier molecular flexibility index (Phi) is 4.61. The predicted octanol–water partition coefficient (Wildman–Crippen LogP) is 6.03. The fourth-order valence-electron chi connectivity index (χ4n) is 4.75. The van der Waals surface area contributed by atoms with E-state index in [4.69, 9.17) is 4.74 Å². The first-order valence-electron chi connectivity index (χ1n) is 9.07. The minimum absolute atomic E-state index is 0.470. The lowest BCUT2D eigenvalue weighted by atomic mass is 9.51. The largest absolute Gasteiger partial charge is 0.490 e. The van der Waals surface area contributed by atoms with Gasteiger partial charge in [-0.1, -0.05) is 37.6 Å².